The number of carbonyl (C=O) groups excluding carboxylic acids is 1. The molecule has 0 saturated carbocycles. The summed E-state index contributed by atoms with van der Waals surface area (Å²) in [5, 5.41) is 15.9. The summed E-state index contributed by atoms with van der Waals surface area (Å²) >= 11 is 0. The van der Waals surface area contributed by atoms with Crippen LogP contribution in [-0.2, 0) is 18.3 Å². The van der Waals surface area contributed by atoms with Crippen LogP contribution in [0.3, 0.4) is 0 Å². The number of hydrogen-bond acceptors (Lipinski definition) is 7. The summed E-state index contributed by atoms with van der Waals surface area (Å²) in [6.07, 6.45) is 2.16. The van der Waals surface area contributed by atoms with Crippen LogP contribution in [0.4, 0.5) is 5.69 Å². The minimum Gasteiger partial charge on any atom is -0.479 e. The van der Waals surface area contributed by atoms with Crippen LogP contribution in [0.25, 0.3) is 22.5 Å². The lowest BCUT2D eigenvalue weighted by atomic mass is 10.00. The number of aromatic nitrogens is 5. The SMILES string of the molecule is COc1nn(C)c2nc(C)c(CCC(=O)Nc3cc(-c4nnco4)ccc3C)c(C)c12. The maximum absolute atomic E-state index is 12.7. The number of ether oxygens (including phenoxy) is 1. The standard InChI is InChI=1S/C22H24N6O3/c1-12-6-7-15(21-26-23-11-31-21)10-17(12)25-18(29)9-8-16-13(2)19-20(24-14(16)3)28(4)27-22(19)30-5/h6-7,10-11H,8-9H2,1-5H3,(H,25,29). The second-order valence-corrected chi connectivity index (χ2v) is 7.45. The van der Waals surface area contributed by atoms with Gasteiger partial charge in [-0.2, -0.15) is 0 Å². The Morgan fingerprint density at radius 2 is 2.06 bits per heavy atom. The number of carbonyl (C=O) groups is 1. The summed E-state index contributed by atoms with van der Waals surface area (Å²) in [7, 11) is 3.44. The number of aryl methyl sites for hydroxylation is 4. The molecule has 3 heterocycles. The molecule has 31 heavy (non-hydrogen) atoms. The highest BCUT2D eigenvalue weighted by Gasteiger charge is 2.19. The molecular formula is C22H24N6O3. The molecule has 9 heteroatoms. The molecule has 0 aliphatic carbocycles. The highest BCUT2D eigenvalue weighted by Crippen LogP contribution is 2.30. The first-order chi connectivity index (χ1) is 14.9. The van der Waals surface area contributed by atoms with Crippen molar-refractivity contribution in [1.29, 1.82) is 0 Å². The largest absolute Gasteiger partial charge is 0.479 e. The molecule has 0 unspecified atom stereocenters. The number of fused-ring (bicyclic) bond motifs is 1. The van der Waals surface area contributed by atoms with Crippen molar-refractivity contribution in [3.8, 4) is 17.3 Å². The molecule has 0 aliphatic heterocycles. The number of rotatable bonds is 6. The third-order valence-corrected chi connectivity index (χ3v) is 5.44. The van der Waals surface area contributed by atoms with Crippen molar-refractivity contribution < 1.29 is 13.9 Å². The van der Waals surface area contributed by atoms with Gasteiger partial charge in [0.05, 0.1) is 12.5 Å². The van der Waals surface area contributed by atoms with Crippen molar-refractivity contribution >= 4 is 22.6 Å². The quantitative estimate of drug-likeness (QED) is 0.508. The van der Waals surface area contributed by atoms with Crippen molar-refractivity contribution in [3.05, 3.63) is 47.0 Å². The van der Waals surface area contributed by atoms with Gasteiger partial charge in [0, 0.05) is 30.4 Å². The Bertz CT molecular complexity index is 1260. The van der Waals surface area contributed by atoms with Crippen LogP contribution in [0.1, 0.15) is 28.8 Å². The third kappa shape index (κ3) is 3.86. The lowest BCUT2D eigenvalue weighted by Gasteiger charge is -2.12. The van der Waals surface area contributed by atoms with Crippen molar-refractivity contribution in [2.24, 2.45) is 7.05 Å². The number of nitrogens with one attached hydrogen (secondary N) is 1. The monoisotopic (exact) mass is 420 g/mol. The normalized spacial score (nSPS) is 11.1. The Hall–Kier alpha value is -3.75. The maximum atomic E-state index is 12.7. The van der Waals surface area contributed by atoms with Crippen molar-refractivity contribution in [2.45, 2.75) is 33.6 Å². The van der Waals surface area contributed by atoms with Gasteiger partial charge in [-0.3, -0.25) is 4.79 Å². The summed E-state index contributed by atoms with van der Waals surface area (Å²) in [6, 6.07) is 5.63. The van der Waals surface area contributed by atoms with E-state index in [1.54, 1.807) is 11.8 Å². The third-order valence-electron chi connectivity index (χ3n) is 5.44. The molecule has 0 fully saturated rings. The lowest BCUT2D eigenvalue weighted by Crippen LogP contribution is -2.14. The van der Waals surface area contributed by atoms with E-state index in [1.807, 2.05) is 46.0 Å². The number of amides is 1. The number of nitrogens with zero attached hydrogens (tertiary/aromatic N) is 5. The van der Waals surface area contributed by atoms with E-state index in [2.05, 4.69) is 25.6 Å². The summed E-state index contributed by atoms with van der Waals surface area (Å²) < 4.78 is 12.4. The number of anilines is 1. The number of methoxy groups -OCH3 is 1. The van der Waals surface area contributed by atoms with E-state index in [-0.39, 0.29) is 5.91 Å². The molecule has 160 valence electrons. The molecule has 1 amide bonds. The zero-order valence-electron chi connectivity index (χ0n) is 18.2. The zero-order chi connectivity index (χ0) is 22.1. The Morgan fingerprint density at radius 1 is 1.26 bits per heavy atom. The van der Waals surface area contributed by atoms with Gasteiger partial charge in [0.2, 0.25) is 24.1 Å². The van der Waals surface area contributed by atoms with E-state index in [1.165, 1.54) is 6.39 Å². The zero-order valence-corrected chi connectivity index (χ0v) is 18.2. The highest BCUT2D eigenvalue weighted by molar-refractivity contribution is 5.92. The molecule has 4 aromatic rings. The van der Waals surface area contributed by atoms with E-state index >= 15 is 0 Å². The predicted molar refractivity (Wildman–Crippen MR) is 116 cm³/mol. The molecule has 0 radical (unpaired) electrons. The topological polar surface area (TPSA) is 108 Å². The molecule has 4 rings (SSSR count). The van der Waals surface area contributed by atoms with Crippen molar-refractivity contribution in [1.82, 2.24) is 25.0 Å². The molecule has 9 nitrogen and oxygen atoms in total. The van der Waals surface area contributed by atoms with E-state index in [4.69, 9.17) is 9.15 Å². The van der Waals surface area contributed by atoms with Crippen LogP contribution in [0, 0.1) is 20.8 Å². The summed E-state index contributed by atoms with van der Waals surface area (Å²) in [5.41, 5.74) is 6.15. The summed E-state index contributed by atoms with van der Waals surface area (Å²) in [6.45, 7) is 5.91. The second kappa shape index (κ2) is 8.17. The molecule has 0 saturated heterocycles. The number of pyridine rings is 1. The van der Waals surface area contributed by atoms with Gasteiger partial charge in [0.15, 0.2) is 5.65 Å². The van der Waals surface area contributed by atoms with Crippen LogP contribution < -0.4 is 10.1 Å². The van der Waals surface area contributed by atoms with Gasteiger partial charge in [-0.15, -0.1) is 15.3 Å². The van der Waals surface area contributed by atoms with Gasteiger partial charge in [-0.05, 0) is 56.0 Å². The molecule has 0 spiro atoms. The van der Waals surface area contributed by atoms with Gasteiger partial charge in [-0.25, -0.2) is 9.67 Å². The molecular weight excluding hydrogens is 396 g/mol. The van der Waals surface area contributed by atoms with Crippen LogP contribution in [0.5, 0.6) is 5.88 Å². The first kappa shape index (κ1) is 20.5. The first-order valence-corrected chi connectivity index (χ1v) is 9.92. The molecule has 0 atom stereocenters. The average molecular weight is 420 g/mol. The predicted octanol–water partition coefficient (Wildman–Crippen LogP) is 3.52. The van der Waals surface area contributed by atoms with Gasteiger partial charge < -0.3 is 14.5 Å². The van der Waals surface area contributed by atoms with E-state index in [9.17, 15) is 4.79 Å². The number of hydrogen-bond donors (Lipinski definition) is 1. The summed E-state index contributed by atoms with van der Waals surface area (Å²) in [5.74, 6) is 0.871. The highest BCUT2D eigenvalue weighted by atomic mass is 16.5. The van der Waals surface area contributed by atoms with Gasteiger partial charge in [-0.1, -0.05) is 6.07 Å². The fourth-order valence-corrected chi connectivity index (χ4v) is 3.75. The smallest absolute Gasteiger partial charge is 0.247 e. The lowest BCUT2D eigenvalue weighted by molar-refractivity contribution is -0.116. The van der Waals surface area contributed by atoms with E-state index in [0.29, 0.717) is 24.6 Å². The van der Waals surface area contributed by atoms with E-state index < -0.39 is 0 Å². The molecule has 0 bridgehead atoms. The Morgan fingerprint density at radius 3 is 2.77 bits per heavy atom. The fourth-order valence-electron chi connectivity index (χ4n) is 3.75. The van der Waals surface area contributed by atoms with Crippen LogP contribution in [-0.4, -0.2) is 38.0 Å². The molecule has 1 N–H and O–H groups in total. The van der Waals surface area contributed by atoms with E-state index in [0.717, 1.165) is 44.7 Å². The minimum absolute atomic E-state index is 0.0807. The first-order valence-electron chi connectivity index (χ1n) is 9.92. The molecule has 1 aromatic carbocycles. The second-order valence-electron chi connectivity index (χ2n) is 7.45. The van der Waals surface area contributed by atoms with Crippen LogP contribution >= 0.6 is 0 Å². The van der Waals surface area contributed by atoms with Crippen molar-refractivity contribution in [3.63, 3.8) is 0 Å². The van der Waals surface area contributed by atoms with Gasteiger partial charge in [0.25, 0.3) is 0 Å². The van der Waals surface area contributed by atoms with Crippen LogP contribution in [0.2, 0.25) is 0 Å². The Balaban J connectivity index is 1.53. The fraction of sp³-hybridized carbons (Fsp3) is 0.318. The van der Waals surface area contributed by atoms with Gasteiger partial charge >= 0.3 is 0 Å². The number of benzene rings is 1. The van der Waals surface area contributed by atoms with Crippen molar-refractivity contribution in [2.75, 3.05) is 12.4 Å². The minimum atomic E-state index is -0.0807. The van der Waals surface area contributed by atoms with Crippen LogP contribution in [0.15, 0.2) is 29.0 Å². The van der Waals surface area contributed by atoms with Gasteiger partial charge in [0.1, 0.15) is 0 Å². The molecule has 0 aliphatic rings. The Kier molecular flexibility index (Phi) is 5.41. The maximum Gasteiger partial charge on any atom is 0.247 e. The average Bonchev–Trinajstić information content (AvgIpc) is 3.38. The summed E-state index contributed by atoms with van der Waals surface area (Å²) in [4.78, 5) is 17.4. The molecule has 3 aromatic heterocycles. The Labute approximate surface area is 179 Å².